The summed E-state index contributed by atoms with van der Waals surface area (Å²) in [4.78, 5) is 2.86. The summed E-state index contributed by atoms with van der Waals surface area (Å²) in [6.45, 7) is 11.7. The summed E-state index contributed by atoms with van der Waals surface area (Å²) in [6, 6.07) is 11.6. The van der Waals surface area contributed by atoms with Gasteiger partial charge in [-0.15, -0.1) is 0 Å². The SMILES string of the molecule is CC1(C)CCCN(CC23CC4C[C@]5(c6ccccc6)C[C@@](C)(C2)C435)C1. The molecule has 3 unspecified atom stereocenters. The highest BCUT2D eigenvalue weighted by atomic mass is 15.2. The topological polar surface area (TPSA) is 3.24 Å². The van der Waals surface area contributed by atoms with Crippen molar-refractivity contribution in [2.75, 3.05) is 19.6 Å². The number of piperidine rings is 1. The molecule has 1 spiro atoms. The first-order chi connectivity index (χ1) is 11.9. The molecular weight excluding hydrogens is 302 g/mol. The predicted molar refractivity (Wildman–Crippen MR) is 103 cm³/mol. The first-order valence-electron chi connectivity index (χ1n) is 10.6. The lowest BCUT2D eigenvalue weighted by Crippen LogP contribution is -2.96. The summed E-state index contributed by atoms with van der Waals surface area (Å²) >= 11 is 0. The molecule has 0 bridgehead atoms. The van der Waals surface area contributed by atoms with Crippen molar-refractivity contribution >= 4 is 0 Å². The largest absolute Gasteiger partial charge is 0.302 e. The van der Waals surface area contributed by atoms with Crippen LogP contribution in [0.1, 0.15) is 64.9 Å². The lowest BCUT2D eigenvalue weighted by Gasteiger charge is -3.00. The second-order valence-electron chi connectivity index (χ2n) is 11.5. The van der Waals surface area contributed by atoms with Crippen LogP contribution in [0.5, 0.6) is 0 Å². The van der Waals surface area contributed by atoms with E-state index in [0.717, 1.165) is 5.92 Å². The molecule has 1 heteroatoms. The van der Waals surface area contributed by atoms with Crippen LogP contribution < -0.4 is 0 Å². The van der Waals surface area contributed by atoms with Gasteiger partial charge in [0.15, 0.2) is 0 Å². The Kier molecular flexibility index (Phi) is 2.56. The van der Waals surface area contributed by atoms with Crippen molar-refractivity contribution in [1.82, 2.24) is 4.90 Å². The third-order valence-electron chi connectivity index (χ3n) is 9.64. The molecule has 5 aliphatic rings. The van der Waals surface area contributed by atoms with Gasteiger partial charge in [0.2, 0.25) is 0 Å². The highest BCUT2D eigenvalue weighted by molar-refractivity contribution is 5.54. The lowest BCUT2D eigenvalue weighted by atomic mass is 9.04. The van der Waals surface area contributed by atoms with E-state index in [2.05, 4.69) is 56.0 Å². The van der Waals surface area contributed by atoms with Gasteiger partial charge in [-0.05, 0) is 78.2 Å². The van der Waals surface area contributed by atoms with Crippen LogP contribution in [0.2, 0.25) is 0 Å². The summed E-state index contributed by atoms with van der Waals surface area (Å²) in [5.41, 5.74) is 4.75. The van der Waals surface area contributed by atoms with E-state index in [0.29, 0.717) is 27.1 Å². The Labute approximate surface area is 153 Å². The number of hydrogen-bond acceptors (Lipinski definition) is 1. The number of likely N-dealkylation sites (tertiary alicyclic amines) is 1. The van der Waals surface area contributed by atoms with Crippen molar-refractivity contribution in [2.24, 2.45) is 27.6 Å². The fourth-order valence-corrected chi connectivity index (χ4v) is 9.89. The van der Waals surface area contributed by atoms with Crippen molar-refractivity contribution in [2.45, 2.75) is 64.7 Å². The van der Waals surface area contributed by atoms with E-state index in [4.69, 9.17) is 0 Å². The van der Waals surface area contributed by atoms with E-state index in [1.807, 2.05) is 0 Å². The maximum absolute atomic E-state index is 2.86. The second-order valence-corrected chi connectivity index (χ2v) is 11.5. The van der Waals surface area contributed by atoms with Gasteiger partial charge in [-0.2, -0.15) is 0 Å². The highest BCUT2D eigenvalue weighted by Gasteiger charge is 2.97. The molecule has 134 valence electrons. The first kappa shape index (κ1) is 15.3. The molecule has 5 atom stereocenters. The van der Waals surface area contributed by atoms with Crippen molar-refractivity contribution in [3.05, 3.63) is 35.9 Å². The van der Waals surface area contributed by atoms with Crippen LogP contribution in [-0.4, -0.2) is 24.5 Å². The molecule has 1 aromatic carbocycles. The molecule has 1 heterocycles. The Morgan fingerprint density at radius 3 is 2.52 bits per heavy atom. The van der Waals surface area contributed by atoms with Gasteiger partial charge in [0, 0.05) is 18.5 Å². The van der Waals surface area contributed by atoms with Gasteiger partial charge in [-0.25, -0.2) is 0 Å². The maximum atomic E-state index is 2.86. The third kappa shape index (κ3) is 1.43. The Bertz CT molecular complexity index is 738. The van der Waals surface area contributed by atoms with Gasteiger partial charge in [0.25, 0.3) is 0 Å². The fourth-order valence-electron chi connectivity index (χ4n) is 9.89. The predicted octanol–water partition coefficient (Wildman–Crippen LogP) is 5.26. The maximum Gasteiger partial charge on any atom is 0.00445 e. The summed E-state index contributed by atoms with van der Waals surface area (Å²) in [5.74, 6) is 1.04. The van der Waals surface area contributed by atoms with Crippen LogP contribution in [0.4, 0.5) is 0 Å². The van der Waals surface area contributed by atoms with Crippen molar-refractivity contribution in [1.29, 1.82) is 0 Å². The number of hydrogen-bond donors (Lipinski definition) is 0. The molecule has 1 aliphatic heterocycles. The minimum atomic E-state index is 0.526. The zero-order valence-electron chi connectivity index (χ0n) is 16.3. The fraction of sp³-hybridized carbons (Fsp3) is 0.750. The molecular formula is C24H33N. The Hall–Kier alpha value is -0.820. The molecule has 0 radical (unpaired) electrons. The molecule has 5 fully saturated rings. The molecule has 1 aromatic rings. The van der Waals surface area contributed by atoms with Gasteiger partial charge in [0.1, 0.15) is 0 Å². The van der Waals surface area contributed by atoms with Crippen LogP contribution in [0.15, 0.2) is 30.3 Å². The highest BCUT2D eigenvalue weighted by Crippen LogP contribution is 3.01. The second kappa shape index (κ2) is 4.19. The number of rotatable bonds is 3. The Morgan fingerprint density at radius 2 is 1.84 bits per heavy atom. The molecule has 1 nitrogen and oxygen atoms in total. The smallest absolute Gasteiger partial charge is 0.00445 e. The van der Waals surface area contributed by atoms with Crippen LogP contribution in [0.25, 0.3) is 0 Å². The van der Waals surface area contributed by atoms with Crippen LogP contribution in [0.3, 0.4) is 0 Å². The average molecular weight is 336 g/mol. The van der Waals surface area contributed by atoms with E-state index in [9.17, 15) is 0 Å². The van der Waals surface area contributed by atoms with Crippen LogP contribution >= 0.6 is 0 Å². The molecule has 0 aromatic heterocycles. The summed E-state index contributed by atoms with van der Waals surface area (Å²) in [5, 5.41) is 0. The standard InChI is InChI=1S/C24H33N/c1-20(2)10-7-11-25(16-20)17-22-12-19-13-23(18-8-5-4-6-9-18)15-21(3,14-22)24(19,22)23/h4-6,8-9,19H,7,10-17H2,1-3H3/t19?,21-,22?,23-,24?/m1/s1. The van der Waals surface area contributed by atoms with E-state index in [-0.39, 0.29) is 0 Å². The molecule has 25 heavy (non-hydrogen) atoms. The molecule has 0 amide bonds. The zero-order chi connectivity index (χ0) is 17.1. The molecule has 6 rings (SSSR count). The third-order valence-corrected chi connectivity index (χ3v) is 9.64. The summed E-state index contributed by atoms with van der Waals surface area (Å²) in [7, 11) is 0. The van der Waals surface area contributed by atoms with Crippen LogP contribution in [-0.2, 0) is 5.41 Å². The van der Waals surface area contributed by atoms with Crippen molar-refractivity contribution in [3.8, 4) is 0 Å². The normalized spacial score (nSPS) is 51.9. The molecule has 4 saturated carbocycles. The first-order valence-corrected chi connectivity index (χ1v) is 10.6. The molecule has 0 N–H and O–H groups in total. The van der Waals surface area contributed by atoms with E-state index >= 15 is 0 Å². The van der Waals surface area contributed by atoms with E-state index in [1.54, 1.807) is 5.56 Å². The number of nitrogens with zero attached hydrogens (tertiary/aromatic N) is 1. The Balaban J connectivity index is 1.33. The molecule has 1 saturated heterocycles. The minimum absolute atomic E-state index is 0.526. The van der Waals surface area contributed by atoms with E-state index < -0.39 is 0 Å². The van der Waals surface area contributed by atoms with Gasteiger partial charge in [0.05, 0.1) is 0 Å². The molecule has 4 aliphatic carbocycles. The van der Waals surface area contributed by atoms with Gasteiger partial charge in [-0.3, -0.25) is 0 Å². The quantitative estimate of drug-likeness (QED) is 0.728. The summed E-state index contributed by atoms with van der Waals surface area (Å²) in [6.07, 6.45) is 8.82. The van der Waals surface area contributed by atoms with Gasteiger partial charge >= 0.3 is 0 Å². The zero-order valence-corrected chi connectivity index (χ0v) is 16.3. The van der Waals surface area contributed by atoms with Crippen molar-refractivity contribution < 1.29 is 0 Å². The van der Waals surface area contributed by atoms with Gasteiger partial charge < -0.3 is 4.90 Å². The van der Waals surface area contributed by atoms with Crippen LogP contribution in [0, 0.1) is 27.6 Å². The van der Waals surface area contributed by atoms with E-state index in [1.165, 1.54) is 58.2 Å². The average Bonchev–Trinajstić information content (AvgIpc) is 2.49. The van der Waals surface area contributed by atoms with Crippen molar-refractivity contribution in [3.63, 3.8) is 0 Å². The number of benzene rings is 1. The minimum Gasteiger partial charge on any atom is -0.302 e. The Morgan fingerprint density at radius 1 is 1.04 bits per heavy atom. The lowest BCUT2D eigenvalue weighted by molar-refractivity contribution is -0.491. The summed E-state index contributed by atoms with van der Waals surface area (Å²) < 4.78 is 0. The van der Waals surface area contributed by atoms with Gasteiger partial charge in [-0.1, -0.05) is 51.1 Å². The monoisotopic (exact) mass is 335 g/mol.